The van der Waals surface area contributed by atoms with E-state index in [2.05, 4.69) is 15.9 Å². The number of carboxylic acids is 1. The fourth-order valence-electron chi connectivity index (χ4n) is 0.985. The van der Waals surface area contributed by atoms with Crippen molar-refractivity contribution < 1.29 is 32.6 Å². The summed E-state index contributed by atoms with van der Waals surface area (Å²) >= 11 is 2.24. The van der Waals surface area contributed by atoms with Crippen LogP contribution in [-0.2, 0) is 4.79 Å². The third kappa shape index (κ3) is 1.90. The van der Waals surface area contributed by atoms with Gasteiger partial charge in [0.25, 0.3) is 0 Å². The average molecular weight is 303 g/mol. The number of rotatable bonds is 2. The second kappa shape index (κ2) is 4.38. The maximum Gasteiger partial charge on any atom is 0.337 e. The van der Waals surface area contributed by atoms with Gasteiger partial charge in [0, 0.05) is 0 Å². The molecule has 0 aromatic heterocycles. The van der Waals surface area contributed by atoms with Gasteiger partial charge in [-0.05, 0) is 15.9 Å². The van der Waals surface area contributed by atoms with Gasteiger partial charge in [-0.25, -0.2) is 22.4 Å². The van der Waals surface area contributed by atoms with Gasteiger partial charge in [0.2, 0.25) is 0 Å². The van der Waals surface area contributed by atoms with Crippen LogP contribution in [0, 0.1) is 23.3 Å². The van der Waals surface area contributed by atoms with E-state index in [4.69, 9.17) is 10.2 Å². The summed E-state index contributed by atoms with van der Waals surface area (Å²) in [6.07, 6.45) is -2.68. The van der Waals surface area contributed by atoms with Crippen LogP contribution in [0.1, 0.15) is 11.7 Å². The van der Waals surface area contributed by atoms with Crippen molar-refractivity contribution in [1.29, 1.82) is 0 Å². The molecule has 0 bridgehead atoms. The second-order valence-corrected chi connectivity index (χ2v) is 3.52. The Labute approximate surface area is 94.4 Å². The van der Waals surface area contributed by atoms with Crippen molar-refractivity contribution in [2.45, 2.75) is 6.10 Å². The van der Waals surface area contributed by atoms with Crippen LogP contribution >= 0.6 is 15.9 Å². The van der Waals surface area contributed by atoms with Crippen LogP contribution < -0.4 is 0 Å². The molecule has 1 rings (SSSR count). The third-order valence-electron chi connectivity index (χ3n) is 1.75. The first-order valence-electron chi connectivity index (χ1n) is 3.71. The first-order chi connectivity index (χ1) is 7.29. The van der Waals surface area contributed by atoms with Crippen LogP contribution in [0.2, 0.25) is 0 Å². The Hall–Kier alpha value is -1.15. The number of carboxylic acid groups (broad SMARTS) is 1. The molecule has 3 nitrogen and oxygen atoms in total. The van der Waals surface area contributed by atoms with Crippen molar-refractivity contribution in [3.8, 4) is 0 Å². The van der Waals surface area contributed by atoms with E-state index in [-0.39, 0.29) is 0 Å². The van der Waals surface area contributed by atoms with Gasteiger partial charge in [0.05, 0.1) is 10.0 Å². The van der Waals surface area contributed by atoms with Crippen molar-refractivity contribution >= 4 is 21.9 Å². The highest BCUT2D eigenvalue weighted by Crippen LogP contribution is 2.31. The Kier molecular flexibility index (Phi) is 3.54. The zero-order valence-corrected chi connectivity index (χ0v) is 8.86. The van der Waals surface area contributed by atoms with E-state index in [1.165, 1.54) is 0 Å². The highest BCUT2D eigenvalue weighted by atomic mass is 79.9. The minimum absolute atomic E-state index is 1.11. The monoisotopic (exact) mass is 302 g/mol. The van der Waals surface area contributed by atoms with Gasteiger partial charge in [-0.2, -0.15) is 0 Å². The van der Waals surface area contributed by atoms with Gasteiger partial charge in [0.15, 0.2) is 29.4 Å². The lowest BCUT2D eigenvalue weighted by atomic mass is 10.1. The Morgan fingerprint density at radius 1 is 1.06 bits per heavy atom. The van der Waals surface area contributed by atoms with E-state index in [9.17, 15) is 22.4 Å². The SMILES string of the molecule is O=C(O)C(O)c1c(F)c(F)c(Br)c(F)c1F. The van der Waals surface area contributed by atoms with E-state index >= 15 is 0 Å². The lowest BCUT2D eigenvalue weighted by molar-refractivity contribution is -0.147. The lowest BCUT2D eigenvalue weighted by Gasteiger charge is -2.11. The van der Waals surface area contributed by atoms with Crippen LogP contribution in [0.15, 0.2) is 4.47 Å². The summed E-state index contributed by atoms with van der Waals surface area (Å²) < 4.78 is 50.9. The van der Waals surface area contributed by atoms with Crippen LogP contribution in [-0.4, -0.2) is 16.2 Å². The lowest BCUT2D eigenvalue weighted by Crippen LogP contribution is -2.16. The van der Waals surface area contributed by atoms with Crippen LogP contribution in [0.3, 0.4) is 0 Å². The fourth-order valence-corrected chi connectivity index (χ4v) is 1.33. The second-order valence-electron chi connectivity index (χ2n) is 2.72. The predicted octanol–water partition coefficient (Wildman–Crippen LogP) is 2.12. The molecule has 0 saturated carbocycles. The van der Waals surface area contributed by atoms with Crippen molar-refractivity contribution in [1.82, 2.24) is 0 Å². The van der Waals surface area contributed by atoms with Gasteiger partial charge in [-0.1, -0.05) is 0 Å². The standard InChI is InChI=1S/C8H3BrF4O3/c9-2-5(12)3(10)1(4(11)6(2)13)7(14)8(15)16/h7,14H,(H,15,16). The molecular weight excluding hydrogens is 300 g/mol. The molecular formula is C8H3BrF4O3. The minimum atomic E-state index is -2.68. The fraction of sp³-hybridized carbons (Fsp3) is 0.125. The van der Waals surface area contributed by atoms with Crippen LogP contribution in [0.5, 0.6) is 0 Å². The highest BCUT2D eigenvalue weighted by Gasteiger charge is 2.31. The molecule has 0 spiro atoms. The van der Waals surface area contributed by atoms with Gasteiger partial charge in [-0.3, -0.25) is 0 Å². The van der Waals surface area contributed by atoms with E-state index in [0.717, 1.165) is 0 Å². The number of hydrogen-bond donors (Lipinski definition) is 2. The smallest absolute Gasteiger partial charge is 0.337 e. The molecule has 1 atom stereocenters. The molecule has 16 heavy (non-hydrogen) atoms. The summed E-state index contributed by atoms with van der Waals surface area (Å²) in [5, 5.41) is 17.2. The van der Waals surface area contributed by atoms with Gasteiger partial charge in [0.1, 0.15) is 0 Å². The molecule has 1 unspecified atom stereocenters. The third-order valence-corrected chi connectivity index (χ3v) is 2.45. The normalized spacial score (nSPS) is 12.6. The molecule has 0 aliphatic heterocycles. The Morgan fingerprint density at radius 2 is 1.44 bits per heavy atom. The first-order valence-corrected chi connectivity index (χ1v) is 4.50. The maximum absolute atomic E-state index is 13.1. The number of carbonyl (C=O) groups is 1. The van der Waals surface area contributed by atoms with E-state index in [1.54, 1.807) is 0 Å². The van der Waals surface area contributed by atoms with E-state index in [0.29, 0.717) is 0 Å². The van der Waals surface area contributed by atoms with Crippen molar-refractivity contribution in [2.75, 3.05) is 0 Å². The van der Waals surface area contributed by atoms with Crippen molar-refractivity contribution in [2.24, 2.45) is 0 Å². The van der Waals surface area contributed by atoms with Crippen molar-refractivity contribution in [3.63, 3.8) is 0 Å². The van der Waals surface area contributed by atoms with Crippen LogP contribution in [0.4, 0.5) is 17.6 Å². The molecule has 0 heterocycles. The minimum Gasteiger partial charge on any atom is -0.479 e. The Bertz CT molecular complexity index is 434. The predicted molar refractivity (Wildman–Crippen MR) is 46.6 cm³/mol. The largest absolute Gasteiger partial charge is 0.479 e. The number of aliphatic hydroxyl groups is 1. The zero-order chi connectivity index (χ0) is 12.6. The van der Waals surface area contributed by atoms with Crippen molar-refractivity contribution in [3.05, 3.63) is 33.3 Å². The summed E-state index contributed by atoms with van der Waals surface area (Å²) in [6.45, 7) is 0. The number of aliphatic carboxylic acids is 1. The van der Waals surface area contributed by atoms with E-state index in [1.807, 2.05) is 0 Å². The molecule has 1 aromatic rings. The Morgan fingerprint density at radius 3 is 1.75 bits per heavy atom. The molecule has 0 amide bonds. The molecule has 0 aliphatic rings. The molecule has 88 valence electrons. The maximum atomic E-state index is 13.1. The molecule has 2 N–H and O–H groups in total. The zero-order valence-electron chi connectivity index (χ0n) is 7.27. The average Bonchev–Trinajstić information content (AvgIpc) is 2.23. The molecule has 0 aliphatic carbocycles. The van der Waals surface area contributed by atoms with Gasteiger partial charge < -0.3 is 10.2 Å². The first kappa shape index (κ1) is 12.9. The summed E-state index contributed by atoms with van der Waals surface area (Å²) in [5.41, 5.74) is -1.58. The van der Waals surface area contributed by atoms with Gasteiger partial charge in [-0.15, -0.1) is 0 Å². The van der Waals surface area contributed by atoms with E-state index < -0.39 is 45.4 Å². The number of halogens is 5. The Balaban J connectivity index is 3.57. The molecule has 0 fully saturated rings. The molecule has 0 saturated heterocycles. The number of benzene rings is 1. The quantitative estimate of drug-likeness (QED) is 0.500. The summed E-state index contributed by atoms with van der Waals surface area (Å²) in [5.74, 6) is -9.57. The number of hydrogen-bond acceptors (Lipinski definition) is 2. The summed E-state index contributed by atoms with van der Waals surface area (Å²) in [7, 11) is 0. The molecule has 1 aromatic carbocycles. The van der Waals surface area contributed by atoms with Crippen LogP contribution in [0.25, 0.3) is 0 Å². The van der Waals surface area contributed by atoms with Gasteiger partial charge >= 0.3 is 5.97 Å². The topological polar surface area (TPSA) is 57.5 Å². The summed E-state index contributed by atoms with van der Waals surface area (Å²) in [6, 6.07) is 0. The number of aliphatic hydroxyl groups excluding tert-OH is 1. The molecule has 8 heteroatoms. The summed E-state index contributed by atoms with van der Waals surface area (Å²) in [4.78, 5) is 10.3. The highest BCUT2D eigenvalue weighted by molar-refractivity contribution is 9.10. The molecule has 0 radical (unpaired) electrons.